The Morgan fingerprint density at radius 2 is 1.27 bits per heavy atom. The first kappa shape index (κ1) is 22.3. The maximum atomic E-state index is 6.09. The zero-order valence-corrected chi connectivity index (χ0v) is 19.4. The highest BCUT2D eigenvalue weighted by Gasteiger charge is 2.29. The number of ether oxygens (including phenoxy) is 6. The smallest absolute Gasteiger partial charge is 0.161 e. The minimum atomic E-state index is -0.250. The van der Waals surface area contributed by atoms with Crippen LogP contribution in [0.4, 0.5) is 0 Å². The number of hydrogen-bond donors (Lipinski definition) is 0. The molecule has 2 aromatic rings. The summed E-state index contributed by atoms with van der Waals surface area (Å²) < 4.78 is 33.9. The predicted molar refractivity (Wildman–Crippen MR) is 125 cm³/mol. The van der Waals surface area contributed by atoms with Gasteiger partial charge in [-0.1, -0.05) is 38.1 Å². The molecule has 0 aromatic heterocycles. The third kappa shape index (κ3) is 5.69. The zero-order valence-electron chi connectivity index (χ0n) is 19.4. The lowest BCUT2D eigenvalue weighted by molar-refractivity contribution is 0.228. The molecule has 3 aliphatic heterocycles. The van der Waals surface area contributed by atoms with Crippen molar-refractivity contribution in [1.29, 1.82) is 0 Å². The summed E-state index contributed by atoms with van der Waals surface area (Å²) >= 11 is 0. The van der Waals surface area contributed by atoms with E-state index in [9.17, 15) is 0 Å². The summed E-state index contributed by atoms with van der Waals surface area (Å²) in [6, 6.07) is 12.6. The van der Waals surface area contributed by atoms with Gasteiger partial charge in [0, 0.05) is 5.41 Å². The first-order chi connectivity index (χ1) is 16.0. The van der Waals surface area contributed by atoms with Gasteiger partial charge < -0.3 is 28.4 Å². The third-order valence-corrected chi connectivity index (χ3v) is 6.29. The molecule has 5 rings (SSSR count). The maximum Gasteiger partial charge on any atom is 0.161 e. The van der Waals surface area contributed by atoms with Gasteiger partial charge in [0.1, 0.15) is 43.9 Å². The minimum absolute atomic E-state index is 0.177. The molecule has 6 heteroatoms. The Morgan fingerprint density at radius 1 is 0.788 bits per heavy atom. The molecule has 3 atom stereocenters. The second kappa shape index (κ2) is 9.37. The van der Waals surface area contributed by atoms with E-state index in [1.54, 1.807) is 0 Å². The Morgan fingerprint density at radius 3 is 1.82 bits per heavy atom. The van der Waals surface area contributed by atoms with Crippen LogP contribution >= 0.6 is 0 Å². The van der Waals surface area contributed by atoms with Gasteiger partial charge in [-0.25, -0.2) is 0 Å². The summed E-state index contributed by atoms with van der Waals surface area (Å²) in [5.74, 6) is 2.38. The van der Waals surface area contributed by atoms with Crippen molar-refractivity contribution >= 4 is 0 Å². The third-order valence-electron chi connectivity index (χ3n) is 6.29. The van der Waals surface area contributed by atoms with Crippen LogP contribution in [0, 0.1) is 0 Å². The molecule has 3 fully saturated rings. The predicted octanol–water partition coefficient (Wildman–Crippen LogP) is 4.07. The Labute approximate surface area is 195 Å². The molecule has 176 valence electrons. The van der Waals surface area contributed by atoms with E-state index in [1.165, 1.54) is 5.56 Å². The summed E-state index contributed by atoms with van der Waals surface area (Å²) in [6.07, 6.45) is 3.25. The van der Waals surface area contributed by atoms with Gasteiger partial charge in [-0.2, -0.15) is 0 Å². The SMILES string of the molecule is C=CCc1cc(C(C)(C)c2ccc(OCC3CO3)c(OCC3CO3)c2)ccc1OCC1CO1. The van der Waals surface area contributed by atoms with E-state index < -0.39 is 0 Å². The van der Waals surface area contributed by atoms with Gasteiger partial charge in [0.15, 0.2) is 11.5 Å². The van der Waals surface area contributed by atoms with Crippen molar-refractivity contribution in [1.82, 2.24) is 0 Å². The van der Waals surface area contributed by atoms with Crippen LogP contribution in [0.1, 0.15) is 30.5 Å². The van der Waals surface area contributed by atoms with Gasteiger partial charge in [-0.15, -0.1) is 6.58 Å². The number of epoxide rings is 3. The molecule has 3 saturated heterocycles. The fraction of sp³-hybridized carbons (Fsp3) is 0.481. The summed E-state index contributed by atoms with van der Waals surface area (Å²) in [5, 5.41) is 0. The van der Waals surface area contributed by atoms with Crippen molar-refractivity contribution in [2.24, 2.45) is 0 Å². The second-order valence-corrected chi connectivity index (χ2v) is 9.40. The average Bonchev–Trinajstić information content (AvgIpc) is 3.67. The molecule has 0 aliphatic carbocycles. The molecule has 0 bridgehead atoms. The standard InChI is InChI=1S/C27H32O6/c1-4-5-18-10-19(6-8-24(18)31-15-21-12-28-21)27(2,3)20-7-9-25(32-16-22-13-29-22)26(11-20)33-17-23-14-30-23/h4,6-11,21-23H,1,5,12-17H2,2-3H3. The Hall–Kier alpha value is -2.54. The van der Waals surface area contributed by atoms with Gasteiger partial charge in [-0.05, 0) is 41.3 Å². The van der Waals surface area contributed by atoms with Gasteiger partial charge in [-0.3, -0.25) is 0 Å². The average molecular weight is 453 g/mol. The van der Waals surface area contributed by atoms with Crippen LogP contribution in [0.2, 0.25) is 0 Å². The molecule has 0 amide bonds. The molecule has 33 heavy (non-hydrogen) atoms. The van der Waals surface area contributed by atoms with Crippen molar-refractivity contribution < 1.29 is 28.4 Å². The molecule has 3 heterocycles. The monoisotopic (exact) mass is 452 g/mol. The number of allylic oxidation sites excluding steroid dienone is 1. The van der Waals surface area contributed by atoms with Crippen LogP contribution in [-0.4, -0.2) is 58.0 Å². The lowest BCUT2D eigenvalue weighted by Crippen LogP contribution is -2.20. The molecule has 0 radical (unpaired) electrons. The van der Waals surface area contributed by atoms with E-state index in [1.807, 2.05) is 12.1 Å². The summed E-state index contributed by atoms with van der Waals surface area (Å²) in [7, 11) is 0. The highest BCUT2D eigenvalue weighted by atomic mass is 16.6. The molecule has 0 saturated carbocycles. The van der Waals surface area contributed by atoms with Crippen LogP contribution < -0.4 is 14.2 Å². The van der Waals surface area contributed by atoms with E-state index in [4.69, 9.17) is 28.4 Å². The Kier molecular flexibility index (Phi) is 6.32. The number of rotatable bonds is 13. The van der Waals surface area contributed by atoms with E-state index in [0.29, 0.717) is 19.8 Å². The topological polar surface area (TPSA) is 65.3 Å². The van der Waals surface area contributed by atoms with Crippen LogP contribution in [-0.2, 0) is 26.0 Å². The molecular weight excluding hydrogens is 420 g/mol. The van der Waals surface area contributed by atoms with E-state index in [2.05, 4.69) is 50.8 Å². The molecule has 0 spiro atoms. The lowest BCUT2D eigenvalue weighted by Gasteiger charge is -2.28. The fourth-order valence-electron chi connectivity index (χ4n) is 3.76. The van der Waals surface area contributed by atoms with Gasteiger partial charge in [0.05, 0.1) is 19.8 Å². The van der Waals surface area contributed by atoms with Crippen molar-refractivity contribution in [3.63, 3.8) is 0 Å². The maximum absolute atomic E-state index is 6.09. The van der Waals surface area contributed by atoms with Crippen LogP contribution in [0.15, 0.2) is 49.1 Å². The second-order valence-electron chi connectivity index (χ2n) is 9.40. The lowest BCUT2D eigenvalue weighted by atomic mass is 9.77. The zero-order chi connectivity index (χ0) is 22.8. The fourth-order valence-corrected chi connectivity index (χ4v) is 3.76. The first-order valence-corrected chi connectivity index (χ1v) is 11.6. The van der Waals surface area contributed by atoms with Crippen LogP contribution in [0.25, 0.3) is 0 Å². The molecule has 2 aromatic carbocycles. The van der Waals surface area contributed by atoms with E-state index in [-0.39, 0.29) is 23.7 Å². The molecular formula is C27H32O6. The highest BCUT2D eigenvalue weighted by molar-refractivity contribution is 5.50. The largest absolute Gasteiger partial charge is 0.490 e. The van der Waals surface area contributed by atoms with Gasteiger partial charge in [0.2, 0.25) is 0 Å². The Bertz CT molecular complexity index is 988. The van der Waals surface area contributed by atoms with E-state index in [0.717, 1.165) is 54.6 Å². The van der Waals surface area contributed by atoms with Gasteiger partial charge >= 0.3 is 0 Å². The molecule has 6 nitrogen and oxygen atoms in total. The summed E-state index contributed by atoms with van der Waals surface area (Å²) in [4.78, 5) is 0. The molecule has 3 unspecified atom stereocenters. The normalized spacial score (nSPS) is 23.0. The summed E-state index contributed by atoms with van der Waals surface area (Å²) in [5.41, 5.74) is 3.23. The Balaban J connectivity index is 1.38. The van der Waals surface area contributed by atoms with Crippen molar-refractivity contribution in [2.75, 3.05) is 39.6 Å². The minimum Gasteiger partial charge on any atom is -0.490 e. The van der Waals surface area contributed by atoms with E-state index >= 15 is 0 Å². The quantitative estimate of drug-likeness (QED) is 0.337. The van der Waals surface area contributed by atoms with Crippen molar-refractivity contribution in [2.45, 2.75) is 44.0 Å². The van der Waals surface area contributed by atoms with Crippen LogP contribution in [0.3, 0.4) is 0 Å². The number of hydrogen-bond acceptors (Lipinski definition) is 6. The van der Waals surface area contributed by atoms with Gasteiger partial charge in [0.25, 0.3) is 0 Å². The molecule has 3 aliphatic rings. The summed E-state index contributed by atoms with van der Waals surface area (Å²) in [6.45, 7) is 12.3. The highest BCUT2D eigenvalue weighted by Crippen LogP contribution is 2.39. The number of benzene rings is 2. The van der Waals surface area contributed by atoms with Crippen LogP contribution in [0.5, 0.6) is 17.2 Å². The van der Waals surface area contributed by atoms with Crippen molar-refractivity contribution in [3.05, 3.63) is 65.7 Å². The van der Waals surface area contributed by atoms with Crippen molar-refractivity contribution in [3.8, 4) is 17.2 Å². The first-order valence-electron chi connectivity index (χ1n) is 11.6. The molecule has 0 N–H and O–H groups in total.